The Hall–Kier alpha value is -3.52. The van der Waals surface area contributed by atoms with Crippen molar-refractivity contribution in [2.75, 3.05) is 37.4 Å². The molecule has 196 valence electrons. The van der Waals surface area contributed by atoms with Crippen molar-refractivity contribution in [1.82, 2.24) is 39.5 Å². The molecule has 2 fully saturated rings. The van der Waals surface area contributed by atoms with Crippen LogP contribution in [0.4, 0.5) is 24.9 Å². The lowest BCUT2D eigenvalue weighted by atomic mass is 9.88. The molecule has 0 bridgehead atoms. The summed E-state index contributed by atoms with van der Waals surface area (Å²) in [5.74, 6) is 0.413. The number of hydrogen-bond acceptors (Lipinski definition) is 9. The summed E-state index contributed by atoms with van der Waals surface area (Å²) in [7, 11) is 0. The van der Waals surface area contributed by atoms with Gasteiger partial charge in [-0.15, -0.1) is 10.2 Å². The van der Waals surface area contributed by atoms with Crippen molar-refractivity contribution >= 4 is 28.4 Å². The predicted octanol–water partition coefficient (Wildman–Crippen LogP) is 2.39. The number of hydrogen-bond donors (Lipinski definition) is 2. The summed E-state index contributed by atoms with van der Waals surface area (Å²) in [4.78, 5) is 11.1. The monoisotopic (exact) mass is 516 g/mol. The zero-order valence-electron chi connectivity index (χ0n) is 20.2. The van der Waals surface area contributed by atoms with Crippen LogP contribution < -0.4 is 11.1 Å². The molecule has 2 atom stereocenters. The fourth-order valence-electron chi connectivity index (χ4n) is 5.19. The highest BCUT2D eigenvalue weighted by Crippen LogP contribution is 2.33. The van der Waals surface area contributed by atoms with E-state index in [0.29, 0.717) is 48.5 Å². The van der Waals surface area contributed by atoms with E-state index < -0.39 is 25.2 Å². The van der Waals surface area contributed by atoms with Crippen molar-refractivity contribution in [3.63, 3.8) is 0 Å². The van der Waals surface area contributed by atoms with Gasteiger partial charge in [-0.25, -0.2) is 27.4 Å². The second kappa shape index (κ2) is 9.10. The van der Waals surface area contributed by atoms with Crippen LogP contribution in [-0.4, -0.2) is 90.0 Å². The molecule has 11 nitrogen and oxygen atoms in total. The molecule has 0 saturated carbocycles. The van der Waals surface area contributed by atoms with Crippen molar-refractivity contribution in [3.05, 3.63) is 24.4 Å². The number of aromatic nitrogens is 7. The second-order valence-corrected chi connectivity index (χ2v) is 9.62. The molecular formula is C23H27F3N10O. The van der Waals surface area contributed by atoms with Crippen LogP contribution in [-0.2, 0) is 11.3 Å². The molecule has 0 radical (unpaired) electrons. The molecule has 2 aliphatic heterocycles. The molecule has 0 aromatic carbocycles. The minimum absolute atomic E-state index is 0.0546. The van der Waals surface area contributed by atoms with Crippen LogP contribution in [0.3, 0.4) is 0 Å². The molecule has 4 aromatic heterocycles. The van der Waals surface area contributed by atoms with Gasteiger partial charge in [-0.05, 0) is 31.0 Å². The topological polar surface area (TPSA) is 124 Å². The van der Waals surface area contributed by atoms with Crippen LogP contribution in [0.25, 0.3) is 27.9 Å². The normalized spacial score (nSPS) is 22.1. The number of nitrogens with one attached hydrogen (secondary N) is 1. The lowest BCUT2D eigenvalue weighted by molar-refractivity contribution is -0.153. The molecule has 37 heavy (non-hydrogen) atoms. The number of pyridine rings is 1. The first kappa shape index (κ1) is 23.9. The largest absolute Gasteiger partial charge is 0.382 e. The fourth-order valence-corrected chi connectivity index (χ4v) is 5.19. The first-order chi connectivity index (χ1) is 17.9. The number of halogens is 3. The average molecular weight is 517 g/mol. The third kappa shape index (κ3) is 4.13. The van der Waals surface area contributed by atoms with Crippen LogP contribution in [0, 0.1) is 0 Å². The number of ether oxygens (including phenoxy) is 1. The highest BCUT2D eigenvalue weighted by Gasteiger charge is 2.46. The lowest BCUT2D eigenvalue weighted by Gasteiger charge is -2.52. The van der Waals surface area contributed by atoms with E-state index in [0.717, 1.165) is 17.6 Å². The standard InChI is InChI=1S/C23H27F3N10O/c1-2-23(11-37-12-23)34-7-6-16(14(24)9-34)29-22-30-20(27)19-13(5-8-35(19)32-22)15-3-4-17-21(28-15)36(33-31-17)10-18(25)26/h3-5,8,14,16,18H,2,6-7,9-12H2,1H3,(H3,27,29,30,32)/t14-,16+/m1/s1. The second-order valence-electron chi connectivity index (χ2n) is 9.62. The summed E-state index contributed by atoms with van der Waals surface area (Å²) in [6, 6.07) is 4.70. The summed E-state index contributed by atoms with van der Waals surface area (Å²) in [6.07, 6.45) is -0.452. The number of nitrogen functional groups attached to an aromatic ring is 1. The Bertz CT molecular complexity index is 1430. The van der Waals surface area contributed by atoms with E-state index in [4.69, 9.17) is 10.5 Å². The number of piperidine rings is 1. The molecule has 3 N–H and O–H groups in total. The molecule has 4 aromatic rings. The van der Waals surface area contributed by atoms with Gasteiger partial charge in [0.05, 0.1) is 30.5 Å². The van der Waals surface area contributed by atoms with Gasteiger partial charge in [-0.1, -0.05) is 12.1 Å². The molecular weight excluding hydrogens is 489 g/mol. The maximum Gasteiger partial charge on any atom is 0.258 e. The quantitative estimate of drug-likeness (QED) is 0.381. The maximum absolute atomic E-state index is 15.2. The van der Waals surface area contributed by atoms with Gasteiger partial charge in [0.1, 0.15) is 23.7 Å². The van der Waals surface area contributed by atoms with E-state index >= 15 is 4.39 Å². The van der Waals surface area contributed by atoms with Crippen LogP contribution in [0.2, 0.25) is 0 Å². The summed E-state index contributed by atoms with van der Waals surface area (Å²) in [5.41, 5.74) is 8.52. The minimum Gasteiger partial charge on any atom is -0.382 e. The Morgan fingerprint density at radius 3 is 2.78 bits per heavy atom. The Balaban J connectivity index is 1.24. The van der Waals surface area contributed by atoms with Crippen LogP contribution >= 0.6 is 0 Å². The van der Waals surface area contributed by atoms with Gasteiger partial charge in [0.2, 0.25) is 5.95 Å². The number of anilines is 2. The van der Waals surface area contributed by atoms with Crippen LogP contribution in [0.5, 0.6) is 0 Å². The molecule has 14 heteroatoms. The fraction of sp³-hybridized carbons (Fsp3) is 0.522. The van der Waals surface area contributed by atoms with Crippen molar-refractivity contribution in [3.8, 4) is 11.3 Å². The molecule has 0 aliphatic carbocycles. The van der Waals surface area contributed by atoms with Gasteiger partial charge in [0.25, 0.3) is 6.43 Å². The molecule has 0 spiro atoms. The Morgan fingerprint density at radius 1 is 1.24 bits per heavy atom. The van der Waals surface area contributed by atoms with Gasteiger partial charge in [0, 0.05) is 24.8 Å². The minimum atomic E-state index is -2.59. The Morgan fingerprint density at radius 2 is 2.08 bits per heavy atom. The van der Waals surface area contributed by atoms with E-state index in [1.54, 1.807) is 28.9 Å². The summed E-state index contributed by atoms with van der Waals surface area (Å²) in [6.45, 7) is 3.88. The van der Waals surface area contributed by atoms with Crippen LogP contribution in [0.1, 0.15) is 19.8 Å². The summed E-state index contributed by atoms with van der Waals surface area (Å²) < 4.78 is 49.0. The Kier molecular flexibility index (Phi) is 5.87. The van der Waals surface area contributed by atoms with E-state index in [9.17, 15) is 8.78 Å². The highest BCUT2D eigenvalue weighted by molar-refractivity contribution is 5.88. The van der Waals surface area contributed by atoms with E-state index in [2.05, 4.69) is 42.5 Å². The third-order valence-corrected chi connectivity index (χ3v) is 7.41. The third-order valence-electron chi connectivity index (χ3n) is 7.41. The molecule has 0 amide bonds. The number of fused-ring (bicyclic) bond motifs is 2. The summed E-state index contributed by atoms with van der Waals surface area (Å²) >= 11 is 0. The zero-order valence-corrected chi connectivity index (χ0v) is 20.2. The van der Waals surface area contributed by atoms with Gasteiger partial charge >= 0.3 is 0 Å². The molecule has 6 heterocycles. The zero-order chi connectivity index (χ0) is 25.7. The van der Waals surface area contributed by atoms with Crippen molar-refractivity contribution < 1.29 is 17.9 Å². The van der Waals surface area contributed by atoms with Gasteiger partial charge in [-0.3, -0.25) is 4.90 Å². The van der Waals surface area contributed by atoms with Gasteiger partial charge in [-0.2, -0.15) is 4.98 Å². The highest BCUT2D eigenvalue weighted by atomic mass is 19.3. The molecule has 2 saturated heterocycles. The van der Waals surface area contributed by atoms with E-state index in [-0.39, 0.29) is 23.0 Å². The Labute approximate surface area is 209 Å². The first-order valence-electron chi connectivity index (χ1n) is 12.2. The molecule has 6 rings (SSSR count). The first-order valence-corrected chi connectivity index (χ1v) is 12.2. The maximum atomic E-state index is 15.2. The van der Waals surface area contributed by atoms with Crippen LogP contribution in [0.15, 0.2) is 24.4 Å². The number of alkyl halides is 3. The number of nitrogens with two attached hydrogens (primary N) is 1. The van der Waals surface area contributed by atoms with E-state index in [1.165, 1.54) is 0 Å². The van der Waals surface area contributed by atoms with Gasteiger partial charge in [0.15, 0.2) is 11.5 Å². The van der Waals surface area contributed by atoms with Crippen molar-refractivity contribution in [1.29, 1.82) is 0 Å². The van der Waals surface area contributed by atoms with Crippen molar-refractivity contribution in [2.24, 2.45) is 0 Å². The number of nitrogens with zero attached hydrogens (tertiary/aromatic N) is 8. The summed E-state index contributed by atoms with van der Waals surface area (Å²) in [5, 5.41) is 15.3. The number of rotatable bonds is 7. The predicted molar refractivity (Wildman–Crippen MR) is 130 cm³/mol. The SMILES string of the molecule is CCC1(N2CC[C@H](Nc3nc(N)c4c(-c5ccc6nnn(CC(F)F)c6n5)ccn4n3)[C@H](F)C2)COC1. The average Bonchev–Trinajstić information content (AvgIpc) is 3.44. The van der Waals surface area contributed by atoms with Crippen molar-refractivity contribution in [2.45, 2.75) is 50.5 Å². The lowest BCUT2D eigenvalue weighted by Crippen LogP contribution is -2.66. The molecule has 0 unspecified atom stereocenters. The van der Waals surface area contributed by atoms with E-state index in [1.807, 2.05) is 0 Å². The molecule has 2 aliphatic rings. The smallest absolute Gasteiger partial charge is 0.258 e. The van der Waals surface area contributed by atoms with Gasteiger partial charge < -0.3 is 15.8 Å². The number of likely N-dealkylation sites (tertiary alicyclic amines) is 1.